The van der Waals surface area contributed by atoms with Crippen LogP contribution in [0, 0.1) is 0 Å². The van der Waals surface area contributed by atoms with Gasteiger partial charge in [-0.2, -0.15) is 0 Å². The molecule has 0 spiro atoms. The summed E-state index contributed by atoms with van der Waals surface area (Å²) in [6.07, 6.45) is 4.03. The molecule has 3 heteroatoms. The third-order valence-corrected chi connectivity index (χ3v) is 1.57. The number of nitrogens with zero attached hydrogens (tertiary/aromatic N) is 1. The smallest absolute Gasteiger partial charge is 0.170 e. The van der Waals surface area contributed by atoms with Crippen molar-refractivity contribution in [2.24, 2.45) is 5.73 Å². The van der Waals surface area contributed by atoms with Crippen molar-refractivity contribution >= 4 is 5.69 Å². The van der Waals surface area contributed by atoms with Gasteiger partial charge in [-0.1, -0.05) is 0 Å². The van der Waals surface area contributed by atoms with Crippen LogP contribution in [0.2, 0.25) is 0 Å². The van der Waals surface area contributed by atoms with Gasteiger partial charge in [0.2, 0.25) is 0 Å². The van der Waals surface area contributed by atoms with Gasteiger partial charge >= 0.3 is 0 Å². The standard InChI is InChI=1S/C8H13N3/c1-10-8-2-5-11(6-3-8)7-4-9/h2-3,5-6H,4,7,9H2,1H3/p+1. The summed E-state index contributed by atoms with van der Waals surface area (Å²) in [6, 6.07) is 4.05. The van der Waals surface area contributed by atoms with Crippen LogP contribution in [-0.4, -0.2) is 13.6 Å². The van der Waals surface area contributed by atoms with Crippen LogP contribution in [-0.2, 0) is 6.54 Å². The Morgan fingerprint density at radius 2 is 2.09 bits per heavy atom. The van der Waals surface area contributed by atoms with Crippen LogP contribution in [0.4, 0.5) is 5.69 Å². The van der Waals surface area contributed by atoms with E-state index < -0.39 is 0 Å². The van der Waals surface area contributed by atoms with Gasteiger partial charge in [0.25, 0.3) is 0 Å². The van der Waals surface area contributed by atoms with E-state index in [4.69, 9.17) is 5.73 Å². The topological polar surface area (TPSA) is 41.9 Å². The lowest BCUT2D eigenvalue weighted by atomic mass is 10.4. The Bertz CT molecular complexity index is 205. The highest BCUT2D eigenvalue weighted by atomic mass is 14.9. The molecule has 60 valence electrons. The monoisotopic (exact) mass is 152 g/mol. The molecule has 0 saturated carbocycles. The van der Waals surface area contributed by atoms with Gasteiger partial charge in [-0.05, 0) is 0 Å². The molecule has 0 aliphatic carbocycles. The minimum absolute atomic E-state index is 0.684. The zero-order chi connectivity index (χ0) is 8.10. The molecular weight excluding hydrogens is 138 g/mol. The van der Waals surface area contributed by atoms with Crippen LogP contribution in [0.1, 0.15) is 0 Å². The van der Waals surface area contributed by atoms with Crippen molar-refractivity contribution in [1.82, 2.24) is 0 Å². The highest BCUT2D eigenvalue weighted by molar-refractivity contribution is 5.38. The van der Waals surface area contributed by atoms with E-state index in [-0.39, 0.29) is 0 Å². The lowest BCUT2D eigenvalue weighted by Crippen LogP contribution is -2.36. The van der Waals surface area contributed by atoms with Gasteiger partial charge in [0.15, 0.2) is 18.9 Å². The summed E-state index contributed by atoms with van der Waals surface area (Å²) in [7, 11) is 1.91. The van der Waals surface area contributed by atoms with Gasteiger partial charge in [-0.25, -0.2) is 4.57 Å². The molecule has 1 heterocycles. The van der Waals surface area contributed by atoms with Crippen molar-refractivity contribution in [3.05, 3.63) is 24.5 Å². The lowest BCUT2D eigenvalue weighted by molar-refractivity contribution is -0.694. The average molecular weight is 152 g/mol. The second kappa shape index (κ2) is 3.93. The molecule has 1 rings (SSSR count). The Kier molecular flexibility index (Phi) is 2.86. The molecule has 3 nitrogen and oxygen atoms in total. The van der Waals surface area contributed by atoms with Crippen LogP contribution in [0.25, 0.3) is 0 Å². The summed E-state index contributed by atoms with van der Waals surface area (Å²) in [5.74, 6) is 0. The highest BCUT2D eigenvalue weighted by Crippen LogP contribution is 1.98. The summed E-state index contributed by atoms with van der Waals surface area (Å²) >= 11 is 0. The first-order chi connectivity index (χ1) is 5.36. The molecule has 11 heavy (non-hydrogen) atoms. The molecule has 0 aliphatic heterocycles. The maximum Gasteiger partial charge on any atom is 0.170 e. The molecule has 0 amide bonds. The number of hydrogen-bond donors (Lipinski definition) is 2. The van der Waals surface area contributed by atoms with Gasteiger partial charge in [-0.3, -0.25) is 0 Å². The predicted octanol–water partition coefficient (Wildman–Crippen LogP) is -0.0255. The molecule has 0 unspecified atom stereocenters. The minimum atomic E-state index is 0.684. The van der Waals surface area contributed by atoms with Gasteiger partial charge < -0.3 is 11.1 Å². The van der Waals surface area contributed by atoms with Crippen LogP contribution in [0.3, 0.4) is 0 Å². The molecule has 0 bridgehead atoms. The van der Waals surface area contributed by atoms with Gasteiger partial charge in [0, 0.05) is 24.9 Å². The number of pyridine rings is 1. The average Bonchev–Trinajstić information content (AvgIpc) is 2.07. The first kappa shape index (κ1) is 8.01. The summed E-state index contributed by atoms with van der Waals surface area (Å²) in [5.41, 5.74) is 6.52. The first-order valence-corrected chi connectivity index (χ1v) is 3.73. The molecule has 0 radical (unpaired) electrons. The van der Waals surface area contributed by atoms with Crippen molar-refractivity contribution in [2.45, 2.75) is 6.54 Å². The van der Waals surface area contributed by atoms with Crippen molar-refractivity contribution < 1.29 is 4.57 Å². The third-order valence-electron chi connectivity index (χ3n) is 1.57. The molecule has 0 aliphatic rings. The molecule has 0 atom stereocenters. The van der Waals surface area contributed by atoms with E-state index in [2.05, 4.69) is 9.88 Å². The number of hydrogen-bond acceptors (Lipinski definition) is 2. The Morgan fingerprint density at radius 3 is 2.55 bits per heavy atom. The van der Waals surface area contributed by atoms with Gasteiger partial charge in [0.1, 0.15) is 0 Å². The van der Waals surface area contributed by atoms with Crippen molar-refractivity contribution in [2.75, 3.05) is 18.9 Å². The van der Waals surface area contributed by atoms with Gasteiger partial charge in [-0.15, -0.1) is 0 Å². The molecule has 1 aromatic heterocycles. The first-order valence-electron chi connectivity index (χ1n) is 3.73. The quantitative estimate of drug-likeness (QED) is 0.597. The third kappa shape index (κ3) is 2.20. The zero-order valence-corrected chi connectivity index (χ0v) is 6.75. The fraction of sp³-hybridized carbons (Fsp3) is 0.375. The summed E-state index contributed by atoms with van der Waals surface area (Å²) < 4.78 is 2.06. The molecule has 0 saturated heterocycles. The van der Waals surface area contributed by atoms with Gasteiger partial charge in [0.05, 0.1) is 6.54 Å². The van der Waals surface area contributed by atoms with Crippen LogP contribution in [0.15, 0.2) is 24.5 Å². The summed E-state index contributed by atoms with van der Waals surface area (Å²) in [6.45, 7) is 1.56. The number of nitrogens with one attached hydrogen (secondary N) is 1. The van der Waals surface area contributed by atoms with E-state index >= 15 is 0 Å². The molecular formula is C8H14N3+. The Hall–Kier alpha value is -1.09. The predicted molar refractivity (Wildman–Crippen MR) is 45.2 cm³/mol. The number of aromatic nitrogens is 1. The molecule has 3 N–H and O–H groups in total. The van der Waals surface area contributed by atoms with Crippen LogP contribution in [0.5, 0.6) is 0 Å². The maximum atomic E-state index is 5.39. The second-order valence-electron chi connectivity index (χ2n) is 2.36. The second-order valence-corrected chi connectivity index (χ2v) is 2.36. The van der Waals surface area contributed by atoms with Crippen molar-refractivity contribution in [1.29, 1.82) is 0 Å². The Balaban J connectivity index is 2.66. The lowest BCUT2D eigenvalue weighted by Gasteiger charge is -1.97. The summed E-state index contributed by atoms with van der Waals surface area (Å²) in [4.78, 5) is 0. The Labute approximate surface area is 66.8 Å². The van der Waals surface area contributed by atoms with Crippen molar-refractivity contribution in [3.63, 3.8) is 0 Å². The fourth-order valence-electron chi connectivity index (χ4n) is 0.922. The van der Waals surface area contributed by atoms with Crippen LogP contribution < -0.4 is 15.6 Å². The number of nitrogens with two attached hydrogens (primary N) is 1. The number of rotatable bonds is 3. The van der Waals surface area contributed by atoms with E-state index in [0.29, 0.717) is 6.54 Å². The van der Waals surface area contributed by atoms with E-state index in [0.717, 1.165) is 12.2 Å². The fourth-order valence-corrected chi connectivity index (χ4v) is 0.922. The molecule has 0 aromatic carbocycles. The number of anilines is 1. The highest BCUT2D eigenvalue weighted by Gasteiger charge is 1.96. The van der Waals surface area contributed by atoms with E-state index in [9.17, 15) is 0 Å². The van der Waals surface area contributed by atoms with E-state index in [1.807, 2.05) is 31.6 Å². The SMILES string of the molecule is CNc1cc[n+](CCN)cc1. The van der Waals surface area contributed by atoms with Crippen molar-refractivity contribution in [3.8, 4) is 0 Å². The summed E-state index contributed by atoms with van der Waals surface area (Å²) in [5, 5.41) is 3.05. The molecule has 1 aromatic rings. The zero-order valence-electron chi connectivity index (χ0n) is 6.75. The largest absolute Gasteiger partial charge is 0.388 e. The van der Waals surface area contributed by atoms with E-state index in [1.54, 1.807) is 0 Å². The maximum absolute atomic E-state index is 5.39. The Morgan fingerprint density at radius 1 is 1.45 bits per heavy atom. The minimum Gasteiger partial charge on any atom is -0.388 e. The van der Waals surface area contributed by atoms with Crippen LogP contribution >= 0.6 is 0 Å². The van der Waals surface area contributed by atoms with E-state index in [1.165, 1.54) is 0 Å². The normalized spacial score (nSPS) is 9.64. The molecule has 0 fully saturated rings.